The molecule has 2 aliphatic rings. The van der Waals surface area contributed by atoms with E-state index in [0.29, 0.717) is 11.5 Å². The largest absolute Gasteiger partial charge is 0.371 e. The molecule has 2 unspecified atom stereocenters. The summed E-state index contributed by atoms with van der Waals surface area (Å²) in [5.41, 5.74) is 0.589. The van der Waals surface area contributed by atoms with E-state index in [1.807, 2.05) is 0 Å². The second kappa shape index (κ2) is 4.14. The van der Waals surface area contributed by atoms with Gasteiger partial charge in [0.2, 0.25) is 0 Å². The van der Waals surface area contributed by atoms with E-state index < -0.39 is 0 Å². The highest BCUT2D eigenvalue weighted by molar-refractivity contribution is 5.24. The Bertz CT molecular complexity index is 270. The SMILES string of the molecule is C=NCC1(CC)CC1OC1(CC(C)C)CC1. The monoisotopic (exact) mass is 223 g/mol. The highest BCUT2D eigenvalue weighted by atomic mass is 16.5. The van der Waals surface area contributed by atoms with E-state index in [1.54, 1.807) is 0 Å². The summed E-state index contributed by atoms with van der Waals surface area (Å²) in [5.74, 6) is 0.745. The number of ether oxygens (including phenoxy) is 1. The Labute approximate surface area is 99.5 Å². The van der Waals surface area contributed by atoms with Gasteiger partial charge in [0.15, 0.2) is 0 Å². The van der Waals surface area contributed by atoms with E-state index in [4.69, 9.17) is 4.74 Å². The van der Waals surface area contributed by atoms with Crippen molar-refractivity contribution in [3.8, 4) is 0 Å². The van der Waals surface area contributed by atoms with Crippen molar-refractivity contribution in [2.45, 2.75) is 64.6 Å². The van der Waals surface area contributed by atoms with Gasteiger partial charge in [-0.2, -0.15) is 0 Å². The standard InChI is InChI=1S/C14H25NO/c1-5-13(10-15-4)9-12(13)16-14(6-7-14)8-11(2)3/h11-12H,4-10H2,1-3H3. The number of hydrogen-bond acceptors (Lipinski definition) is 2. The van der Waals surface area contributed by atoms with Crippen LogP contribution in [0, 0.1) is 11.3 Å². The molecule has 2 heteroatoms. The molecule has 2 rings (SSSR count). The molecule has 92 valence electrons. The van der Waals surface area contributed by atoms with Crippen molar-refractivity contribution in [3.63, 3.8) is 0 Å². The number of hydrogen-bond donors (Lipinski definition) is 0. The lowest BCUT2D eigenvalue weighted by Gasteiger charge is -2.21. The van der Waals surface area contributed by atoms with Crippen molar-refractivity contribution in [1.82, 2.24) is 0 Å². The fourth-order valence-corrected chi connectivity index (χ4v) is 2.91. The minimum Gasteiger partial charge on any atom is -0.371 e. The maximum Gasteiger partial charge on any atom is 0.0691 e. The summed E-state index contributed by atoms with van der Waals surface area (Å²) in [6, 6.07) is 0. The molecule has 2 aliphatic carbocycles. The highest BCUT2D eigenvalue weighted by Gasteiger charge is 2.58. The van der Waals surface area contributed by atoms with Crippen molar-refractivity contribution >= 4 is 6.72 Å². The summed E-state index contributed by atoms with van der Waals surface area (Å²) in [4.78, 5) is 4.07. The quantitative estimate of drug-likeness (QED) is 0.606. The summed E-state index contributed by atoms with van der Waals surface area (Å²) in [6.07, 6.45) is 6.59. The van der Waals surface area contributed by atoms with Crippen LogP contribution in [0.15, 0.2) is 4.99 Å². The molecule has 16 heavy (non-hydrogen) atoms. The number of rotatable bonds is 7. The van der Waals surface area contributed by atoms with Gasteiger partial charge >= 0.3 is 0 Å². The lowest BCUT2D eigenvalue weighted by molar-refractivity contribution is -0.0118. The lowest BCUT2D eigenvalue weighted by atomic mass is 10.0. The first kappa shape index (κ1) is 12.1. The summed E-state index contributed by atoms with van der Waals surface area (Å²) in [6.45, 7) is 11.3. The molecule has 0 bridgehead atoms. The molecule has 0 aliphatic heterocycles. The Morgan fingerprint density at radius 1 is 1.44 bits per heavy atom. The average Bonchev–Trinajstić information content (AvgIpc) is 3.08. The molecule has 2 nitrogen and oxygen atoms in total. The van der Waals surface area contributed by atoms with E-state index in [0.717, 1.165) is 12.5 Å². The van der Waals surface area contributed by atoms with Crippen LogP contribution >= 0.6 is 0 Å². The van der Waals surface area contributed by atoms with Crippen LogP contribution in [0.4, 0.5) is 0 Å². The van der Waals surface area contributed by atoms with Crippen molar-refractivity contribution in [1.29, 1.82) is 0 Å². The molecule has 0 N–H and O–H groups in total. The van der Waals surface area contributed by atoms with Crippen molar-refractivity contribution in [3.05, 3.63) is 0 Å². The third kappa shape index (κ3) is 2.32. The van der Waals surface area contributed by atoms with Crippen LogP contribution in [0.2, 0.25) is 0 Å². The molecular weight excluding hydrogens is 198 g/mol. The maximum atomic E-state index is 6.34. The molecule has 0 heterocycles. The van der Waals surface area contributed by atoms with Crippen LogP contribution in [0.5, 0.6) is 0 Å². The molecule has 2 atom stereocenters. The second-order valence-electron chi connectivity index (χ2n) is 6.19. The summed E-state index contributed by atoms with van der Waals surface area (Å²) in [7, 11) is 0. The Kier molecular flexibility index (Phi) is 3.13. The van der Waals surface area contributed by atoms with Crippen LogP contribution in [-0.4, -0.2) is 25.0 Å². The first-order chi connectivity index (χ1) is 7.56. The second-order valence-corrected chi connectivity index (χ2v) is 6.19. The van der Waals surface area contributed by atoms with Gasteiger partial charge in [-0.05, 0) is 44.7 Å². The summed E-state index contributed by atoms with van der Waals surface area (Å²) in [5, 5.41) is 0. The zero-order valence-electron chi connectivity index (χ0n) is 11.0. The molecule has 0 radical (unpaired) electrons. The molecule has 0 aromatic rings. The van der Waals surface area contributed by atoms with E-state index in [9.17, 15) is 0 Å². The highest BCUT2D eigenvalue weighted by Crippen LogP contribution is 2.57. The summed E-state index contributed by atoms with van der Waals surface area (Å²) >= 11 is 0. The van der Waals surface area contributed by atoms with E-state index in [1.165, 1.54) is 32.1 Å². The van der Waals surface area contributed by atoms with E-state index in [2.05, 4.69) is 32.5 Å². The maximum absolute atomic E-state index is 6.34. The Hall–Kier alpha value is -0.370. The Morgan fingerprint density at radius 2 is 2.12 bits per heavy atom. The molecule has 0 amide bonds. The first-order valence-corrected chi connectivity index (χ1v) is 6.66. The van der Waals surface area contributed by atoms with Gasteiger partial charge in [-0.15, -0.1) is 0 Å². The number of nitrogens with zero attached hydrogens (tertiary/aromatic N) is 1. The normalized spacial score (nSPS) is 35.1. The average molecular weight is 223 g/mol. The van der Waals surface area contributed by atoms with Crippen LogP contribution in [0.25, 0.3) is 0 Å². The smallest absolute Gasteiger partial charge is 0.0691 e. The predicted molar refractivity (Wildman–Crippen MR) is 68.1 cm³/mol. The summed E-state index contributed by atoms with van der Waals surface area (Å²) < 4.78 is 6.34. The van der Waals surface area contributed by atoms with Gasteiger partial charge in [-0.25, -0.2) is 0 Å². The zero-order chi connectivity index (χ0) is 11.8. The predicted octanol–water partition coefficient (Wildman–Crippen LogP) is 3.45. The zero-order valence-corrected chi connectivity index (χ0v) is 11.0. The molecule has 0 spiro atoms. The van der Waals surface area contributed by atoms with Crippen molar-refractivity contribution in [2.24, 2.45) is 16.3 Å². The minimum atomic E-state index is 0.247. The first-order valence-electron chi connectivity index (χ1n) is 6.66. The fraction of sp³-hybridized carbons (Fsp3) is 0.929. The van der Waals surface area contributed by atoms with Crippen LogP contribution in [-0.2, 0) is 4.74 Å². The van der Waals surface area contributed by atoms with Gasteiger partial charge in [-0.1, -0.05) is 20.8 Å². The molecule has 0 saturated heterocycles. The van der Waals surface area contributed by atoms with Crippen LogP contribution in [0.1, 0.15) is 52.9 Å². The van der Waals surface area contributed by atoms with Gasteiger partial charge in [0.25, 0.3) is 0 Å². The van der Waals surface area contributed by atoms with Gasteiger partial charge in [0, 0.05) is 12.0 Å². The molecule has 2 saturated carbocycles. The third-order valence-electron chi connectivity index (χ3n) is 4.23. The Morgan fingerprint density at radius 3 is 2.56 bits per heavy atom. The van der Waals surface area contributed by atoms with Crippen LogP contribution in [0.3, 0.4) is 0 Å². The van der Waals surface area contributed by atoms with Gasteiger partial charge < -0.3 is 9.73 Å². The fourth-order valence-electron chi connectivity index (χ4n) is 2.91. The number of aliphatic imine (C=N–C) groups is 1. The van der Waals surface area contributed by atoms with Crippen molar-refractivity contribution < 1.29 is 4.74 Å². The lowest BCUT2D eigenvalue weighted by Crippen LogP contribution is -2.22. The third-order valence-corrected chi connectivity index (χ3v) is 4.23. The molecule has 0 aromatic heterocycles. The van der Waals surface area contributed by atoms with Gasteiger partial charge in [0.05, 0.1) is 11.7 Å². The minimum absolute atomic E-state index is 0.247. The van der Waals surface area contributed by atoms with Crippen molar-refractivity contribution in [2.75, 3.05) is 6.54 Å². The van der Waals surface area contributed by atoms with E-state index in [-0.39, 0.29) is 5.60 Å². The molecule has 2 fully saturated rings. The topological polar surface area (TPSA) is 21.6 Å². The van der Waals surface area contributed by atoms with E-state index >= 15 is 0 Å². The Balaban J connectivity index is 1.86. The van der Waals surface area contributed by atoms with Gasteiger partial charge in [-0.3, -0.25) is 0 Å². The molecular formula is C14H25NO. The molecule has 0 aromatic carbocycles. The van der Waals surface area contributed by atoms with Gasteiger partial charge in [0.1, 0.15) is 0 Å². The van der Waals surface area contributed by atoms with Crippen LogP contribution < -0.4 is 0 Å².